The van der Waals surface area contributed by atoms with E-state index < -0.39 is 10.0 Å². The van der Waals surface area contributed by atoms with Crippen LogP contribution < -0.4 is 5.32 Å². The number of hydrogen-bond acceptors (Lipinski definition) is 4. The van der Waals surface area contributed by atoms with Crippen molar-refractivity contribution in [1.29, 1.82) is 0 Å². The molecule has 0 unspecified atom stereocenters. The molecule has 0 amide bonds. The molecule has 0 radical (unpaired) electrons. The summed E-state index contributed by atoms with van der Waals surface area (Å²) in [6.45, 7) is 6.71. The SMILES string of the molecule is CCN(CCNC1CCN(Cc2ccccc2)CC1)S(=O)(=O)c1ccccc1. The number of nitrogens with one attached hydrogen (secondary N) is 1. The van der Waals surface area contributed by atoms with Crippen LogP contribution in [0.3, 0.4) is 0 Å². The van der Waals surface area contributed by atoms with Gasteiger partial charge in [0, 0.05) is 32.2 Å². The highest BCUT2D eigenvalue weighted by Crippen LogP contribution is 2.16. The van der Waals surface area contributed by atoms with E-state index in [1.54, 1.807) is 28.6 Å². The minimum atomic E-state index is -3.41. The van der Waals surface area contributed by atoms with E-state index in [1.807, 2.05) is 13.0 Å². The van der Waals surface area contributed by atoms with Crippen molar-refractivity contribution in [3.05, 3.63) is 66.2 Å². The minimum Gasteiger partial charge on any atom is -0.313 e. The Morgan fingerprint density at radius 2 is 1.61 bits per heavy atom. The Kier molecular flexibility index (Phi) is 7.62. The highest BCUT2D eigenvalue weighted by Gasteiger charge is 2.23. The molecule has 0 bridgehead atoms. The maximum Gasteiger partial charge on any atom is 0.243 e. The van der Waals surface area contributed by atoms with Crippen molar-refractivity contribution in [3.8, 4) is 0 Å². The second kappa shape index (κ2) is 10.2. The number of likely N-dealkylation sites (tertiary alicyclic amines) is 1. The normalized spacial score (nSPS) is 16.5. The Bertz CT molecular complexity index is 804. The number of nitrogens with zero attached hydrogens (tertiary/aromatic N) is 2. The molecule has 2 aromatic rings. The largest absolute Gasteiger partial charge is 0.313 e. The van der Waals surface area contributed by atoms with E-state index in [4.69, 9.17) is 0 Å². The summed E-state index contributed by atoms with van der Waals surface area (Å²) in [6, 6.07) is 19.7. The number of likely N-dealkylation sites (N-methyl/N-ethyl adjacent to an activating group) is 1. The summed E-state index contributed by atoms with van der Waals surface area (Å²) in [4.78, 5) is 2.86. The van der Waals surface area contributed by atoms with Crippen LogP contribution in [0, 0.1) is 0 Å². The van der Waals surface area contributed by atoms with Crippen molar-refractivity contribution in [2.75, 3.05) is 32.7 Å². The predicted octanol–water partition coefficient (Wildman–Crippen LogP) is 2.95. The Hall–Kier alpha value is -1.73. The molecule has 3 rings (SSSR count). The van der Waals surface area contributed by atoms with Crippen LogP contribution in [-0.4, -0.2) is 56.4 Å². The molecular formula is C22H31N3O2S. The van der Waals surface area contributed by atoms with Gasteiger partial charge < -0.3 is 5.32 Å². The molecule has 0 aliphatic carbocycles. The van der Waals surface area contributed by atoms with E-state index in [1.165, 1.54) is 5.56 Å². The summed E-state index contributed by atoms with van der Waals surface area (Å²) in [5.74, 6) is 0. The van der Waals surface area contributed by atoms with Gasteiger partial charge in [-0.3, -0.25) is 4.90 Å². The Balaban J connectivity index is 1.42. The van der Waals surface area contributed by atoms with Gasteiger partial charge in [0.15, 0.2) is 0 Å². The first-order valence-electron chi connectivity index (χ1n) is 10.1. The first kappa shape index (κ1) is 21.0. The average Bonchev–Trinajstić information content (AvgIpc) is 2.73. The Morgan fingerprint density at radius 1 is 1.00 bits per heavy atom. The van der Waals surface area contributed by atoms with Gasteiger partial charge in [-0.25, -0.2) is 8.42 Å². The molecular weight excluding hydrogens is 370 g/mol. The van der Waals surface area contributed by atoms with E-state index in [0.717, 1.165) is 32.5 Å². The molecule has 5 nitrogen and oxygen atoms in total. The summed E-state index contributed by atoms with van der Waals surface area (Å²) >= 11 is 0. The number of rotatable bonds is 9. The first-order chi connectivity index (χ1) is 13.6. The molecule has 1 aliphatic heterocycles. The molecule has 0 saturated carbocycles. The fourth-order valence-electron chi connectivity index (χ4n) is 3.72. The number of piperidine rings is 1. The smallest absolute Gasteiger partial charge is 0.243 e. The van der Waals surface area contributed by atoms with E-state index in [2.05, 4.69) is 40.5 Å². The van der Waals surface area contributed by atoms with Crippen LogP contribution in [0.4, 0.5) is 0 Å². The zero-order valence-electron chi connectivity index (χ0n) is 16.6. The summed E-state index contributed by atoms with van der Waals surface area (Å²) in [6.07, 6.45) is 2.20. The van der Waals surface area contributed by atoms with Crippen LogP contribution in [0.2, 0.25) is 0 Å². The van der Waals surface area contributed by atoms with Crippen molar-refractivity contribution in [1.82, 2.24) is 14.5 Å². The van der Waals surface area contributed by atoms with Gasteiger partial charge in [-0.05, 0) is 43.6 Å². The average molecular weight is 402 g/mol. The maximum absolute atomic E-state index is 12.8. The van der Waals surface area contributed by atoms with Crippen LogP contribution in [0.5, 0.6) is 0 Å². The topological polar surface area (TPSA) is 52.6 Å². The van der Waals surface area contributed by atoms with E-state index >= 15 is 0 Å². The predicted molar refractivity (Wildman–Crippen MR) is 114 cm³/mol. The second-order valence-electron chi connectivity index (χ2n) is 7.30. The van der Waals surface area contributed by atoms with Crippen LogP contribution in [-0.2, 0) is 16.6 Å². The van der Waals surface area contributed by atoms with Crippen molar-refractivity contribution in [3.63, 3.8) is 0 Å². The molecule has 28 heavy (non-hydrogen) atoms. The second-order valence-corrected chi connectivity index (χ2v) is 9.24. The van der Waals surface area contributed by atoms with Crippen molar-refractivity contribution >= 4 is 10.0 Å². The van der Waals surface area contributed by atoms with E-state index in [9.17, 15) is 8.42 Å². The van der Waals surface area contributed by atoms with E-state index in [-0.39, 0.29) is 0 Å². The molecule has 0 aromatic heterocycles. The summed E-state index contributed by atoms with van der Waals surface area (Å²) in [5.41, 5.74) is 1.36. The monoisotopic (exact) mass is 401 g/mol. The van der Waals surface area contributed by atoms with Gasteiger partial charge in [0.25, 0.3) is 0 Å². The van der Waals surface area contributed by atoms with Gasteiger partial charge in [0.1, 0.15) is 0 Å². The van der Waals surface area contributed by atoms with Crippen LogP contribution in [0.25, 0.3) is 0 Å². The highest BCUT2D eigenvalue weighted by atomic mass is 32.2. The number of hydrogen-bond donors (Lipinski definition) is 1. The lowest BCUT2D eigenvalue weighted by molar-refractivity contribution is 0.189. The molecule has 0 atom stereocenters. The number of sulfonamides is 1. The van der Waals surface area contributed by atoms with Crippen LogP contribution >= 0.6 is 0 Å². The third-order valence-corrected chi connectivity index (χ3v) is 7.35. The van der Waals surface area contributed by atoms with E-state index in [0.29, 0.717) is 30.6 Å². The molecule has 0 spiro atoms. The molecule has 1 N–H and O–H groups in total. The fraction of sp³-hybridized carbons (Fsp3) is 0.455. The van der Waals surface area contributed by atoms with Crippen molar-refractivity contribution < 1.29 is 8.42 Å². The molecule has 1 fully saturated rings. The van der Waals surface area contributed by atoms with Gasteiger partial charge in [-0.1, -0.05) is 55.5 Å². The van der Waals surface area contributed by atoms with Crippen molar-refractivity contribution in [2.24, 2.45) is 0 Å². The lowest BCUT2D eigenvalue weighted by Gasteiger charge is -2.33. The quantitative estimate of drug-likeness (QED) is 0.702. The van der Waals surface area contributed by atoms with Gasteiger partial charge in [0.2, 0.25) is 10.0 Å². The van der Waals surface area contributed by atoms with Crippen molar-refractivity contribution in [2.45, 2.75) is 37.2 Å². The molecule has 6 heteroatoms. The number of benzene rings is 2. The molecule has 152 valence electrons. The Labute approximate surface area is 169 Å². The molecule has 1 heterocycles. The lowest BCUT2D eigenvalue weighted by Crippen LogP contribution is -2.45. The first-order valence-corrected chi connectivity index (χ1v) is 11.6. The standard InChI is InChI=1S/C22H31N3O2S/c1-2-25(28(26,27)22-11-7-4-8-12-22)18-15-23-21-13-16-24(17-14-21)19-20-9-5-3-6-10-20/h3-12,21,23H,2,13-19H2,1H3. The van der Waals surface area contributed by atoms with Crippen LogP contribution in [0.15, 0.2) is 65.6 Å². The summed E-state index contributed by atoms with van der Waals surface area (Å²) in [5, 5.41) is 3.56. The van der Waals surface area contributed by atoms with Gasteiger partial charge in [-0.2, -0.15) is 4.31 Å². The third kappa shape index (κ3) is 5.64. The third-order valence-electron chi connectivity index (χ3n) is 5.36. The molecule has 2 aromatic carbocycles. The Morgan fingerprint density at radius 3 is 2.21 bits per heavy atom. The molecule has 1 aliphatic rings. The maximum atomic E-state index is 12.8. The zero-order chi connectivity index (χ0) is 19.8. The summed E-state index contributed by atoms with van der Waals surface area (Å²) in [7, 11) is -3.41. The lowest BCUT2D eigenvalue weighted by atomic mass is 10.0. The minimum absolute atomic E-state index is 0.367. The van der Waals surface area contributed by atoms with Gasteiger partial charge in [-0.15, -0.1) is 0 Å². The van der Waals surface area contributed by atoms with Crippen LogP contribution in [0.1, 0.15) is 25.3 Å². The highest BCUT2D eigenvalue weighted by molar-refractivity contribution is 7.89. The zero-order valence-corrected chi connectivity index (χ0v) is 17.4. The fourth-order valence-corrected chi connectivity index (χ4v) is 5.19. The molecule has 1 saturated heterocycles. The van der Waals surface area contributed by atoms with Gasteiger partial charge >= 0.3 is 0 Å². The summed E-state index contributed by atoms with van der Waals surface area (Å²) < 4.78 is 27.1. The van der Waals surface area contributed by atoms with Gasteiger partial charge in [0.05, 0.1) is 4.90 Å².